The second-order valence-electron chi connectivity index (χ2n) is 4.91. The van der Waals surface area contributed by atoms with E-state index < -0.39 is 16.0 Å². The molecular weight excluding hydrogens is 316 g/mol. The molecule has 0 unspecified atom stereocenters. The minimum Gasteiger partial charge on any atom is -0.465 e. The number of aryl methyl sites for hydroxylation is 1. The van der Waals surface area contributed by atoms with Gasteiger partial charge in [-0.05, 0) is 24.6 Å². The van der Waals surface area contributed by atoms with Crippen LogP contribution in [0.5, 0.6) is 0 Å². The minimum atomic E-state index is -4.10. The molecule has 0 spiro atoms. The van der Waals surface area contributed by atoms with E-state index in [1.807, 2.05) is 25.1 Å². The molecule has 2 aromatic carbocycles. The van der Waals surface area contributed by atoms with Crippen molar-refractivity contribution in [3.8, 4) is 17.2 Å². The van der Waals surface area contributed by atoms with Gasteiger partial charge in [-0.2, -0.15) is 5.26 Å². The van der Waals surface area contributed by atoms with Crippen molar-refractivity contribution in [1.82, 2.24) is 0 Å². The Bertz CT molecular complexity index is 910. The lowest BCUT2D eigenvalue weighted by Gasteiger charge is -2.12. The fourth-order valence-electron chi connectivity index (χ4n) is 2.15. The molecule has 0 aliphatic heterocycles. The highest BCUT2D eigenvalue weighted by molar-refractivity contribution is 7.89. The Kier molecular flexibility index (Phi) is 4.50. The van der Waals surface area contributed by atoms with Crippen LogP contribution in [0, 0.1) is 18.3 Å². The molecule has 0 aliphatic rings. The van der Waals surface area contributed by atoms with Crippen molar-refractivity contribution in [3.63, 3.8) is 0 Å². The smallest absolute Gasteiger partial charge is 0.339 e. The molecule has 0 radical (unpaired) electrons. The van der Waals surface area contributed by atoms with Crippen molar-refractivity contribution in [2.24, 2.45) is 5.14 Å². The molecule has 2 N–H and O–H groups in total. The van der Waals surface area contributed by atoms with Crippen LogP contribution in [-0.4, -0.2) is 21.5 Å². The molecule has 0 amide bonds. The van der Waals surface area contributed by atoms with Crippen molar-refractivity contribution >= 4 is 16.0 Å². The summed E-state index contributed by atoms with van der Waals surface area (Å²) in [5.74, 6) is -0.804. The average molecular weight is 330 g/mol. The summed E-state index contributed by atoms with van der Waals surface area (Å²) in [5, 5.41) is 14.5. The topological polar surface area (TPSA) is 110 Å². The van der Waals surface area contributed by atoms with Gasteiger partial charge >= 0.3 is 5.97 Å². The number of rotatable bonds is 3. The number of sulfonamides is 1. The van der Waals surface area contributed by atoms with Gasteiger partial charge in [-0.1, -0.05) is 29.8 Å². The van der Waals surface area contributed by atoms with Crippen molar-refractivity contribution in [2.45, 2.75) is 11.8 Å². The molecule has 0 aromatic heterocycles. The van der Waals surface area contributed by atoms with E-state index in [2.05, 4.69) is 4.74 Å². The number of primary sulfonamides is 1. The highest BCUT2D eigenvalue weighted by atomic mass is 32.2. The molecule has 2 rings (SSSR count). The molecule has 0 bridgehead atoms. The van der Waals surface area contributed by atoms with Crippen molar-refractivity contribution in [1.29, 1.82) is 5.26 Å². The van der Waals surface area contributed by atoms with E-state index in [4.69, 9.17) is 5.14 Å². The minimum absolute atomic E-state index is 0.0137. The van der Waals surface area contributed by atoms with Gasteiger partial charge in [0.2, 0.25) is 10.0 Å². The van der Waals surface area contributed by atoms with Gasteiger partial charge in [0.25, 0.3) is 0 Å². The maximum atomic E-state index is 11.9. The third-order valence-electron chi connectivity index (χ3n) is 3.31. The molecule has 0 atom stereocenters. The molecule has 118 valence electrons. The van der Waals surface area contributed by atoms with E-state index in [0.29, 0.717) is 5.56 Å². The average Bonchev–Trinajstić information content (AvgIpc) is 2.52. The summed E-state index contributed by atoms with van der Waals surface area (Å²) in [6.07, 6.45) is 0. The fourth-order valence-corrected chi connectivity index (χ4v) is 2.91. The number of nitriles is 1. The van der Waals surface area contributed by atoms with Gasteiger partial charge in [0.1, 0.15) is 6.07 Å². The SMILES string of the molecule is COC(=O)c1cc(S(N)(=O)=O)c(-c2ccc(C)cc2)cc1C#N. The van der Waals surface area contributed by atoms with Crippen LogP contribution in [0.1, 0.15) is 21.5 Å². The largest absolute Gasteiger partial charge is 0.465 e. The highest BCUT2D eigenvalue weighted by Crippen LogP contribution is 2.30. The molecule has 0 fully saturated rings. The maximum absolute atomic E-state index is 11.9. The number of benzene rings is 2. The third-order valence-corrected chi connectivity index (χ3v) is 4.27. The number of hydrogen-bond acceptors (Lipinski definition) is 5. The summed E-state index contributed by atoms with van der Waals surface area (Å²) in [7, 11) is -2.95. The molecular formula is C16H14N2O4S. The third kappa shape index (κ3) is 3.39. The number of carbonyl (C=O) groups is 1. The Morgan fingerprint density at radius 3 is 2.30 bits per heavy atom. The van der Waals surface area contributed by atoms with Gasteiger partial charge in [-0.3, -0.25) is 0 Å². The molecule has 23 heavy (non-hydrogen) atoms. The van der Waals surface area contributed by atoms with Gasteiger partial charge in [0, 0.05) is 5.56 Å². The maximum Gasteiger partial charge on any atom is 0.339 e. The lowest BCUT2D eigenvalue weighted by molar-refractivity contribution is 0.0600. The molecule has 0 heterocycles. The Hall–Kier alpha value is -2.69. The zero-order chi connectivity index (χ0) is 17.2. The number of esters is 1. The fraction of sp³-hybridized carbons (Fsp3) is 0.125. The van der Waals surface area contributed by atoms with E-state index in [9.17, 15) is 18.5 Å². The van der Waals surface area contributed by atoms with Crippen LogP contribution < -0.4 is 5.14 Å². The quantitative estimate of drug-likeness (QED) is 0.865. The van der Waals surface area contributed by atoms with Crippen LogP contribution in [0.4, 0.5) is 0 Å². The Balaban J connectivity index is 2.83. The predicted molar refractivity (Wildman–Crippen MR) is 84.0 cm³/mol. The molecule has 0 saturated carbocycles. The molecule has 0 saturated heterocycles. The zero-order valence-electron chi connectivity index (χ0n) is 12.5. The number of nitrogens with two attached hydrogens (primary N) is 1. The first-order valence-corrected chi connectivity index (χ1v) is 8.09. The number of ether oxygens (including phenoxy) is 1. The summed E-state index contributed by atoms with van der Waals surface area (Å²) in [4.78, 5) is 11.5. The van der Waals surface area contributed by atoms with Crippen LogP contribution in [0.15, 0.2) is 41.3 Å². The summed E-state index contributed by atoms with van der Waals surface area (Å²) in [6.45, 7) is 1.89. The van der Waals surface area contributed by atoms with Gasteiger partial charge in [0.15, 0.2) is 0 Å². The van der Waals surface area contributed by atoms with Crippen LogP contribution in [-0.2, 0) is 14.8 Å². The molecule has 2 aromatic rings. The van der Waals surface area contributed by atoms with E-state index in [1.165, 1.54) is 6.07 Å². The number of methoxy groups -OCH3 is 1. The van der Waals surface area contributed by atoms with Crippen LogP contribution >= 0.6 is 0 Å². The Morgan fingerprint density at radius 1 is 1.22 bits per heavy atom. The van der Waals surface area contributed by atoms with Crippen molar-refractivity contribution < 1.29 is 17.9 Å². The number of hydrogen-bond donors (Lipinski definition) is 1. The van der Waals surface area contributed by atoms with E-state index >= 15 is 0 Å². The predicted octanol–water partition coefficient (Wildman–Crippen LogP) is 1.97. The lowest BCUT2D eigenvalue weighted by atomic mass is 9.99. The molecule has 7 heteroatoms. The highest BCUT2D eigenvalue weighted by Gasteiger charge is 2.22. The Labute approximate surface area is 134 Å². The van der Waals surface area contributed by atoms with Crippen LogP contribution in [0.2, 0.25) is 0 Å². The van der Waals surface area contributed by atoms with Gasteiger partial charge in [-0.15, -0.1) is 0 Å². The summed E-state index contributed by atoms with van der Waals surface area (Å²) >= 11 is 0. The van der Waals surface area contributed by atoms with Crippen LogP contribution in [0.25, 0.3) is 11.1 Å². The van der Waals surface area contributed by atoms with E-state index in [-0.39, 0.29) is 21.6 Å². The van der Waals surface area contributed by atoms with E-state index in [0.717, 1.165) is 18.7 Å². The second kappa shape index (κ2) is 6.20. The van der Waals surface area contributed by atoms with Gasteiger partial charge in [-0.25, -0.2) is 18.4 Å². The standard InChI is InChI=1S/C16H14N2O4S/c1-10-3-5-11(6-4-10)13-7-12(9-17)14(16(19)22-2)8-15(13)23(18,20)21/h3-8H,1-2H3,(H2,18,20,21). The molecule has 6 nitrogen and oxygen atoms in total. The van der Waals surface area contributed by atoms with Gasteiger partial charge < -0.3 is 4.74 Å². The number of carbonyl (C=O) groups excluding carboxylic acids is 1. The second-order valence-corrected chi connectivity index (χ2v) is 6.44. The first kappa shape index (κ1) is 16.7. The summed E-state index contributed by atoms with van der Waals surface area (Å²) < 4.78 is 28.4. The Morgan fingerprint density at radius 2 is 1.83 bits per heavy atom. The first-order valence-electron chi connectivity index (χ1n) is 6.54. The van der Waals surface area contributed by atoms with Crippen molar-refractivity contribution in [3.05, 3.63) is 53.1 Å². The van der Waals surface area contributed by atoms with Crippen LogP contribution in [0.3, 0.4) is 0 Å². The van der Waals surface area contributed by atoms with Gasteiger partial charge in [0.05, 0.1) is 23.1 Å². The summed E-state index contributed by atoms with van der Waals surface area (Å²) in [5.41, 5.74) is 1.71. The van der Waals surface area contributed by atoms with Crippen molar-refractivity contribution in [2.75, 3.05) is 7.11 Å². The first-order chi connectivity index (χ1) is 10.8. The number of nitrogens with zero attached hydrogens (tertiary/aromatic N) is 1. The van der Waals surface area contributed by atoms with E-state index in [1.54, 1.807) is 12.1 Å². The monoisotopic (exact) mass is 330 g/mol. The normalized spacial score (nSPS) is 10.9. The summed E-state index contributed by atoms with van der Waals surface area (Å²) in [6, 6.07) is 11.3. The zero-order valence-corrected chi connectivity index (χ0v) is 13.3. The molecule has 0 aliphatic carbocycles. The lowest BCUT2D eigenvalue weighted by Crippen LogP contribution is -2.16.